The van der Waals surface area contributed by atoms with Crippen LogP contribution >= 0.6 is 11.3 Å². The fourth-order valence-corrected chi connectivity index (χ4v) is 5.32. The summed E-state index contributed by atoms with van der Waals surface area (Å²) in [4.78, 5) is 30.0. The molecule has 1 N–H and O–H groups in total. The smallest absolute Gasteiger partial charge is 0.277 e. The van der Waals surface area contributed by atoms with Crippen LogP contribution in [-0.4, -0.2) is 33.2 Å². The van der Waals surface area contributed by atoms with Crippen molar-refractivity contribution in [2.24, 2.45) is 0 Å². The maximum absolute atomic E-state index is 13.7. The second-order valence-electron chi connectivity index (χ2n) is 8.75. The Kier molecular flexibility index (Phi) is 4.93. The zero-order valence-corrected chi connectivity index (χ0v) is 18.6. The first kappa shape index (κ1) is 20.0. The van der Waals surface area contributed by atoms with Crippen LogP contribution < -0.4 is 10.2 Å². The minimum absolute atomic E-state index is 0.118. The van der Waals surface area contributed by atoms with Crippen molar-refractivity contribution in [1.29, 1.82) is 0 Å². The van der Waals surface area contributed by atoms with E-state index in [9.17, 15) is 9.59 Å². The summed E-state index contributed by atoms with van der Waals surface area (Å²) in [6, 6.07) is 13.8. The van der Waals surface area contributed by atoms with Gasteiger partial charge in [0.1, 0.15) is 16.9 Å². The molecule has 1 atom stereocenters. The zero-order valence-electron chi connectivity index (χ0n) is 17.8. The maximum Gasteiger partial charge on any atom is 0.277 e. The van der Waals surface area contributed by atoms with Gasteiger partial charge in [-0.15, -0.1) is 11.3 Å². The van der Waals surface area contributed by atoms with Crippen LogP contribution in [0.4, 0.5) is 5.69 Å². The number of carbonyl (C=O) groups excluding carboxylic acids is 2. The maximum atomic E-state index is 13.7. The molecule has 2 aliphatic rings. The van der Waals surface area contributed by atoms with Gasteiger partial charge in [0.2, 0.25) is 5.91 Å². The molecule has 1 aromatic carbocycles. The van der Waals surface area contributed by atoms with Crippen LogP contribution in [0, 0.1) is 6.92 Å². The van der Waals surface area contributed by atoms with Crippen molar-refractivity contribution in [1.82, 2.24) is 15.1 Å². The number of fused-ring (bicyclic) bond motifs is 1. The topological polar surface area (TPSA) is 67.2 Å². The summed E-state index contributed by atoms with van der Waals surface area (Å²) in [5, 5.41) is 9.90. The van der Waals surface area contributed by atoms with E-state index in [1.807, 2.05) is 61.7 Å². The molecule has 0 saturated heterocycles. The molecule has 1 saturated carbocycles. The Morgan fingerprint density at radius 3 is 2.61 bits per heavy atom. The van der Waals surface area contributed by atoms with Crippen molar-refractivity contribution in [2.45, 2.75) is 57.7 Å². The number of hydrogen-bond acceptors (Lipinski definition) is 4. The van der Waals surface area contributed by atoms with Crippen LogP contribution in [0.2, 0.25) is 0 Å². The third-order valence-electron chi connectivity index (χ3n) is 6.40. The van der Waals surface area contributed by atoms with Crippen molar-refractivity contribution in [2.75, 3.05) is 4.90 Å². The largest absolute Gasteiger partial charge is 0.351 e. The molecular weight excluding hydrogens is 408 g/mol. The first-order valence-corrected chi connectivity index (χ1v) is 11.7. The number of hydrogen-bond donors (Lipinski definition) is 1. The SMILES string of the molecule is Cc1ccc(N2C(=O)c3cc(-c4cccs4)nn3C[C@@]2(C)C(=O)NC2CCCC2)cc1. The highest BCUT2D eigenvalue weighted by atomic mass is 32.1. The molecule has 1 aliphatic heterocycles. The van der Waals surface area contributed by atoms with Crippen LogP contribution in [0.15, 0.2) is 47.8 Å². The summed E-state index contributed by atoms with van der Waals surface area (Å²) >= 11 is 1.59. The Morgan fingerprint density at radius 1 is 1.19 bits per heavy atom. The summed E-state index contributed by atoms with van der Waals surface area (Å²) in [6.07, 6.45) is 4.26. The lowest BCUT2D eigenvalue weighted by Crippen LogP contribution is -2.65. The van der Waals surface area contributed by atoms with E-state index in [4.69, 9.17) is 5.10 Å². The lowest BCUT2D eigenvalue weighted by atomic mass is 9.93. The number of nitrogens with zero attached hydrogens (tertiary/aromatic N) is 3. The van der Waals surface area contributed by atoms with Gasteiger partial charge in [0, 0.05) is 11.7 Å². The van der Waals surface area contributed by atoms with Gasteiger partial charge in [-0.3, -0.25) is 19.2 Å². The van der Waals surface area contributed by atoms with E-state index in [0.717, 1.165) is 47.5 Å². The van der Waals surface area contributed by atoms with Crippen molar-refractivity contribution in [3.63, 3.8) is 0 Å². The number of thiophene rings is 1. The highest BCUT2D eigenvalue weighted by Crippen LogP contribution is 2.35. The molecule has 1 aliphatic carbocycles. The second kappa shape index (κ2) is 7.64. The van der Waals surface area contributed by atoms with E-state index in [1.165, 1.54) is 0 Å². The van der Waals surface area contributed by atoms with Crippen LogP contribution in [-0.2, 0) is 11.3 Å². The van der Waals surface area contributed by atoms with E-state index >= 15 is 0 Å². The molecule has 7 heteroatoms. The molecule has 6 nitrogen and oxygen atoms in total. The minimum atomic E-state index is -1.07. The van der Waals surface area contributed by atoms with Crippen molar-refractivity contribution in [3.8, 4) is 10.6 Å². The molecule has 1 fully saturated rings. The first-order chi connectivity index (χ1) is 15.0. The second-order valence-corrected chi connectivity index (χ2v) is 9.70. The number of aryl methyl sites for hydroxylation is 1. The molecule has 0 radical (unpaired) electrons. The highest BCUT2D eigenvalue weighted by Gasteiger charge is 2.49. The van der Waals surface area contributed by atoms with Crippen molar-refractivity contribution < 1.29 is 9.59 Å². The minimum Gasteiger partial charge on any atom is -0.351 e. The van der Waals surface area contributed by atoms with Gasteiger partial charge in [-0.25, -0.2) is 0 Å². The molecule has 160 valence electrons. The monoisotopic (exact) mass is 434 g/mol. The van der Waals surface area contributed by atoms with Gasteiger partial charge >= 0.3 is 0 Å². The van der Waals surface area contributed by atoms with E-state index < -0.39 is 5.54 Å². The Balaban J connectivity index is 1.57. The van der Waals surface area contributed by atoms with E-state index in [2.05, 4.69) is 5.32 Å². The summed E-state index contributed by atoms with van der Waals surface area (Å²) in [6.45, 7) is 4.17. The number of nitrogens with one attached hydrogen (secondary N) is 1. The van der Waals surface area contributed by atoms with Gasteiger partial charge < -0.3 is 5.32 Å². The molecule has 2 amide bonds. The molecule has 3 aromatic rings. The van der Waals surface area contributed by atoms with E-state index in [1.54, 1.807) is 20.9 Å². The summed E-state index contributed by atoms with van der Waals surface area (Å²) in [5.41, 5.74) is 2.04. The quantitative estimate of drug-likeness (QED) is 0.662. The average molecular weight is 435 g/mol. The number of amides is 2. The number of carbonyl (C=O) groups is 2. The van der Waals surface area contributed by atoms with Crippen LogP contribution in [0.25, 0.3) is 10.6 Å². The first-order valence-electron chi connectivity index (χ1n) is 10.8. The summed E-state index contributed by atoms with van der Waals surface area (Å²) in [7, 11) is 0. The van der Waals surface area contributed by atoms with Crippen molar-refractivity contribution in [3.05, 3.63) is 59.1 Å². The molecule has 3 heterocycles. The Labute approximate surface area is 185 Å². The normalized spacial score (nSPS) is 21.4. The van der Waals surface area contributed by atoms with Gasteiger partial charge in [0.05, 0.1) is 11.4 Å². The Morgan fingerprint density at radius 2 is 1.94 bits per heavy atom. The molecular formula is C24H26N4O2S. The van der Waals surface area contributed by atoms with Gasteiger partial charge in [0.15, 0.2) is 0 Å². The number of aromatic nitrogens is 2. The third-order valence-corrected chi connectivity index (χ3v) is 7.29. The predicted octanol–water partition coefficient (Wildman–Crippen LogP) is 4.40. The number of benzene rings is 1. The van der Waals surface area contributed by atoms with Gasteiger partial charge in [-0.2, -0.15) is 5.10 Å². The van der Waals surface area contributed by atoms with Gasteiger partial charge in [-0.1, -0.05) is 36.6 Å². The van der Waals surface area contributed by atoms with Crippen LogP contribution in [0.5, 0.6) is 0 Å². The molecule has 2 aromatic heterocycles. The third kappa shape index (κ3) is 3.47. The standard InChI is InChI=1S/C24H26N4O2S/c1-16-9-11-18(12-10-16)28-22(29)20-14-19(21-8-5-13-31-21)26-27(20)15-24(28,2)23(30)25-17-6-3-4-7-17/h5,8-14,17H,3-4,6-7,15H2,1-2H3,(H,25,30)/t24-/m0/s1. The number of anilines is 1. The number of rotatable bonds is 4. The molecule has 31 heavy (non-hydrogen) atoms. The van der Waals surface area contributed by atoms with Crippen LogP contribution in [0.1, 0.15) is 48.7 Å². The lowest BCUT2D eigenvalue weighted by molar-refractivity contribution is -0.127. The van der Waals surface area contributed by atoms with Gasteiger partial charge in [-0.05, 0) is 56.3 Å². The summed E-state index contributed by atoms with van der Waals surface area (Å²) < 4.78 is 1.70. The molecule has 0 unspecified atom stereocenters. The highest BCUT2D eigenvalue weighted by molar-refractivity contribution is 7.13. The summed E-state index contributed by atoms with van der Waals surface area (Å²) in [5.74, 6) is -0.318. The zero-order chi connectivity index (χ0) is 21.6. The fourth-order valence-electron chi connectivity index (χ4n) is 4.64. The predicted molar refractivity (Wildman–Crippen MR) is 122 cm³/mol. The van der Waals surface area contributed by atoms with E-state index in [0.29, 0.717) is 12.2 Å². The van der Waals surface area contributed by atoms with E-state index in [-0.39, 0.29) is 17.9 Å². The molecule has 0 bridgehead atoms. The molecule has 0 spiro atoms. The Hall–Kier alpha value is -2.93. The van der Waals surface area contributed by atoms with Crippen LogP contribution in [0.3, 0.4) is 0 Å². The fraction of sp³-hybridized carbons (Fsp3) is 0.375. The molecule has 5 rings (SSSR count). The average Bonchev–Trinajstić information content (AvgIpc) is 3.50. The Bertz CT molecular complexity index is 1110. The van der Waals surface area contributed by atoms with Crippen molar-refractivity contribution >= 4 is 28.8 Å². The van der Waals surface area contributed by atoms with Gasteiger partial charge in [0.25, 0.3) is 5.91 Å². The lowest BCUT2D eigenvalue weighted by Gasteiger charge is -2.43.